The number of aromatic amines is 1. The van der Waals surface area contributed by atoms with Gasteiger partial charge < -0.3 is 29.4 Å². The third-order valence-corrected chi connectivity index (χ3v) is 7.80. The SMILES string of the molecule is O=c1ncn([C@@H]2O[C@H](COP(=O)(O)OP(=O)(O)OP(=O)(O)O)C(CO)C2(F)C#CCl)c(=O)[nH]1. The third kappa shape index (κ3) is 7.10. The molecule has 1 saturated heterocycles. The minimum absolute atomic E-state index is 0.441. The number of ether oxygens (including phenoxy) is 1. The Hall–Kier alpha value is -1.28. The number of hydrogen-bond donors (Lipinski definition) is 6. The van der Waals surface area contributed by atoms with Crippen molar-refractivity contribution >= 4 is 35.1 Å². The summed E-state index contributed by atoms with van der Waals surface area (Å²) in [5.74, 6) is 0.156. The van der Waals surface area contributed by atoms with Gasteiger partial charge in [-0.05, 0) is 17.5 Å². The van der Waals surface area contributed by atoms with Crippen LogP contribution in [0.15, 0.2) is 15.9 Å². The lowest BCUT2D eigenvalue weighted by atomic mass is 9.87. The maximum atomic E-state index is 15.7. The maximum absolute atomic E-state index is 15.7. The molecule has 1 aromatic rings. The maximum Gasteiger partial charge on any atom is 0.490 e. The molecule has 2 rings (SSSR count). The van der Waals surface area contributed by atoms with Crippen LogP contribution in [-0.4, -0.2) is 64.2 Å². The summed E-state index contributed by atoms with van der Waals surface area (Å²) in [5, 5.41) is 11.3. The number of aromatic nitrogens is 3. The van der Waals surface area contributed by atoms with Gasteiger partial charge in [-0.3, -0.25) is 14.1 Å². The van der Waals surface area contributed by atoms with E-state index in [-0.39, 0.29) is 0 Å². The number of phosphoric ester groups is 1. The van der Waals surface area contributed by atoms with Crippen molar-refractivity contribution in [3.05, 3.63) is 27.3 Å². The molecule has 6 atom stereocenters. The van der Waals surface area contributed by atoms with Gasteiger partial charge in [-0.25, -0.2) is 27.7 Å². The highest BCUT2D eigenvalue weighted by Crippen LogP contribution is 2.66. The van der Waals surface area contributed by atoms with Crippen LogP contribution >= 0.6 is 35.1 Å². The van der Waals surface area contributed by atoms with E-state index in [1.165, 1.54) is 0 Å². The lowest BCUT2D eigenvalue weighted by Gasteiger charge is -2.25. The lowest BCUT2D eigenvalue weighted by Crippen LogP contribution is -2.44. The summed E-state index contributed by atoms with van der Waals surface area (Å²) in [6, 6.07) is 0. The van der Waals surface area contributed by atoms with Gasteiger partial charge in [0.15, 0.2) is 6.23 Å². The topological polar surface area (TPSA) is 257 Å². The van der Waals surface area contributed by atoms with Crippen molar-refractivity contribution in [1.82, 2.24) is 14.5 Å². The second kappa shape index (κ2) is 10.1. The molecule has 0 radical (unpaired) electrons. The molecule has 33 heavy (non-hydrogen) atoms. The molecule has 6 N–H and O–H groups in total. The lowest BCUT2D eigenvalue weighted by molar-refractivity contribution is -0.0527. The van der Waals surface area contributed by atoms with Crippen LogP contribution in [0.4, 0.5) is 4.39 Å². The zero-order chi connectivity index (χ0) is 25.2. The van der Waals surface area contributed by atoms with Crippen LogP contribution in [0, 0.1) is 17.2 Å². The van der Waals surface area contributed by atoms with Crippen LogP contribution in [-0.2, 0) is 31.6 Å². The predicted molar refractivity (Wildman–Crippen MR) is 101 cm³/mol. The normalized spacial score (nSPS) is 29.0. The molecular formula is C11H14ClFN3O14P3. The van der Waals surface area contributed by atoms with Gasteiger partial charge in [0.1, 0.15) is 6.33 Å². The van der Waals surface area contributed by atoms with Gasteiger partial charge in [0, 0.05) is 5.38 Å². The summed E-state index contributed by atoms with van der Waals surface area (Å²) in [6.07, 6.45) is -3.13. The van der Waals surface area contributed by atoms with E-state index in [1.807, 2.05) is 5.92 Å². The Balaban J connectivity index is 2.29. The van der Waals surface area contributed by atoms with Gasteiger partial charge in [0.25, 0.3) is 0 Å². The van der Waals surface area contributed by atoms with Crippen molar-refractivity contribution in [3.63, 3.8) is 0 Å². The fraction of sp³-hybridized carbons (Fsp3) is 0.545. The number of rotatable bonds is 9. The molecule has 22 heteroatoms. The van der Waals surface area contributed by atoms with Gasteiger partial charge >= 0.3 is 34.8 Å². The molecule has 1 aliphatic rings. The Morgan fingerprint density at radius 2 is 1.88 bits per heavy atom. The van der Waals surface area contributed by atoms with Crippen molar-refractivity contribution in [1.29, 1.82) is 0 Å². The van der Waals surface area contributed by atoms with Crippen molar-refractivity contribution < 1.29 is 60.6 Å². The van der Waals surface area contributed by atoms with Gasteiger partial charge in [-0.1, -0.05) is 0 Å². The zero-order valence-electron chi connectivity index (χ0n) is 15.6. The number of aliphatic hydroxyl groups excluding tert-OH is 1. The predicted octanol–water partition coefficient (Wildman–Crippen LogP) is -1.31. The van der Waals surface area contributed by atoms with Crippen molar-refractivity contribution in [2.45, 2.75) is 18.0 Å². The zero-order valence-corrected chi connectivity index (χ0v) is 19.1. The summed E-state index contributed by atoms with van der Waals surface area (Å²) in [5.41, 5.74) is -5.24. The highest BCUT2D eigenvalue weighted by atomic mass is 35.5. The second-order valence-corrected chi connectivity index (χ2v) is 10.7. The summed E-state index contributed by atoms with van der Waals surface area (Å²) < 4.78 is 66.7. The van der Waals surface area contributed by atoms with E-state index in [0.717, 1.165) is 0 Å². The number of nitrogens with zero attached hydrogens (tertiary/aromatic N) is 2. The van der Waals surface area contributed by atoms with Crippen LogP contribution < -0.4 is 11.4 Å². The highest BCUT2D eigenvalue weighted by Gasteiger charge is 2.58. The molecule has 0 spiro atoms. The van der Waals surface area contributed by atoms with E-state index in [4.69, 9.17) is 31.0 Å². The first-order valence-electron chi connectivity index (χ1n) is 8.07. The molecule has 186 valence electrons. The summed E-state index contributed by atoms with van der Waals surface area (Å²) in [7, 11) is -17.1. The van der Waals surface area contributed by atoms with E-state index in [2.05, 4.69) is 18.1 Å². The first-order chi connectivity index (χ1) is 15.0. The number of alkyl halides is 1. The van der Waals surface area contributed by atoms with E-state index in [9.17, 15) is 33.3 Å². The number of halogens is 2. The molecular weight excluding hydrogens is 546 g/mol. The molecule has 0 aliphatic carbocycles. The number of H-pyrrole nitrogens is 1. The molecule has 0 bridgehead atoms. The molecule has 1 aromatic heterocycles. The Morgan fingerprint density at radius 1 is 1.24 bits per heavy atom. The van der Waals surface area contributed by atoms with Crippen LogP contribution in [0.25, 0.3) is 0 Å². The van der Waals surface area contributed by atoms with Crippen LogP contribution in [0.5, 0.6) is 0 Å². The summed E-state index contributed by atoms with van der Waals surface area (Å²) in [4.78, 5) is 63.8. The fourth-order valence-corrected chi connectivity index (χ4v) is 5.88. The van der Waals surface area contributed by atoms with Crippen molar-refractivity contribution in [2.75, 3.05) is 13.2 Å². The highest BCUT2D eigenvalue weighted by molar-refractivity contribution is 7.66. The van der Waals surface area contributed by atoms with Gasteiger partial charge in [-0.2, -0.15) is 13.6 Å². The largest absolute Gasteiger partial charge is 0.490 e. The second-order valence-electron chi connectivity index (χ2n) is 6.08. The average Bonchev–Trinajstić information content (AvgIpc) is 2.88. The molecule has 2 heterocycles. The first-order valence-corrected chi connectivity index (χ1v) is 13.0. The monoisotopic (exact) mass is 559 g/mol. The van der Waals surface area contributed by atoms with Crippen LogP contribution in [0.2, 0.25) is 0 Å². The van der Waals surface area contributed by atoms with Crippen LogP contribution in [0.3, 0.4) is 0 Å². The number of phosphoric acid groups is 3. The molecule has 0 aromatic carbocycles. The summed E-state index contributed by atoms with van der Waals surface area (Å²) >= 11 is 5.26. The van der Waals surface area contributed by atoms with E-state index in [0.29, 0.717) is 10.9 Å². The Morgan fingerprint density at radius 3 is 2.39 bits per heavy atom. The summed E-state index contributed by atoms with van der Waals surface area (Å²) in [6.45, 7) is -2.22. The van der Waals surface area contributed by atoms with Gasteiger partial charge in [0.2, 0.25) is 5.67 Å². The molecule has 0 saturated carbocycles. The van der Waals surface area contributed by atoms with E-state index < -0.39 is 72.0 Å². The minimum atomic E-state index is -5.82. The molecule has 4 unspecified atom stereocenters. The number of hydrogen-bond acceptors (Lipinski definition) is 11. The number of nitrogens with one attached hydrogen (secondary N) is 1. The Kier molecular flexibility index (Phi) is 8.59. The Bertz CT molecular complexity index is 1210. The van der Waals surface area contributed by atoms with Crippen LogP contribution in [0.1, 0.15) is 6.23 Å². The quantitative estimate of drug-likeness (QED) is 0.152. The first kappa shape index (κ1) is 28.0. The molecule has 0 amide bonds. The smallest absolute Gasteiger partial charge is 0.396 e. The van der Waals surface area contributed by atoms with Gasteiger partial charge in [-0.15, -0.1) is 0 Å². The number of aliphatic hydroxyl groups is 1. The molecule has 17 nitrogen and oxygen atoms in total. The van der Waals surface area contributed by atoms with E-state index in [1.54, 1.807) is 10.4 Å². The Labute approximate surface area is 186 Å². The third-order valence-electron chi connectivity index (χ3n) is 3.91. The van der Waals surface area contributed by atoms with Crippen molar-refractivity contribution in [2.24, 2.45) is 5.92 Å². The fourth-order valence-electron chi connectivity index (χ4n) is 2.71. The van der Waals surface area contributed by atoms with Gasteiger partial charge in [0.05, 0.1) is 25.2 Å². The molecule has 1 aliphatic heterocycles. The minimum Gasteiger partial charge on any atom is -0.396 e. The van der Waals surface area contributed by atoms with Crippen molar-refractivity contribution in [3.8, 4) is 11.3 Å². The standard InChI is InChI=1S/C11H14ClFN3O14P3/c12-2-1-11(13)6(3-17)7(28-8(11)16-5-14-9(18)15-10(16)19)4-27-32(23,24)30-33(25,26)29-31(20,21)22/h5-8,17H,3-4H2,(H,23,24)(H,25,26)(H,15,18,19)(H2,20,21,22)/t6?,7-,8-,11?/m1/s1. The molecule has 1 fully saturated rings. The van der Waals surface area contributed by atoms with E-state index >= 15 is 4.39 Å². The average molecular weight is 560 g/mol.